The first-order valence-electron chi connectivity index (χ1n) is 8.31. The van der Waals surface area contributed by atoms with Crippen LogP contribution in [0.15, 0.2) is 46.1 Å². The van der Waals surface area contributed by atoms with E-state index in [-0.39, 0.29) is 29.7 Å². The third-order valence-corrected chi connectivity index (χ3v) is 4.61. The van der Waals surface area contributed by atoms with E-state index in [1.807, 2.05) is 18.2 Å². The number of carbonyl (C=O) groups excluding carboxylic acids is 1. The van der Waals surface area contributed by atoms with Gasteiger partial charge in [-0.05, 0) is 25.1 Å². The number of hydrogen-bond donors (Lipinski definition) is 1. The Morgan fingerprint density at radius 2 is 1.96 bits per heavy atom. The minimum absolute atomic E-state index is 0.0228. The second-order valence-electron chi connectivity index (χ2n) is 6.36. The van der Waals surface area contributed by atoms with E-state index in [2.05, 4.69) is 5.32 Å². The van der Waals surface area contributed by atoms with Gasteiger partial charge in [-0.2, -0.15) is 0 Å². The van der Waals surface area contributed by atoms with Crippen molar-refractivity contribution in [1.29, 1.82) is 0 Å². The largest absolute Gasteiger partial charge is 0.330 e. The third kappa shape index (κ3) is 3.41. The van der Waals surface area contributed by atoms with Crippen LogP contribution in [0, 0.1) is 0 Å². The predicted octanol–water partition coefficient (Wildman–Crippen LogP) is 0.0883. The molecule has 1 N–H and O–H groups in total. The number of carbonyl (C=O) groups is 1. The molecule has 0 unspecified atom stereocenters. The van der Waals surface area contributed by atoms with E-state index >= 15 is 0 Å². The average Bonchev–Trinajstić information content (AvgIpc) is 3.16. The van der Waals surface area contributed by atoms with Crippen molar-refractivity contribution < 1.29 is 4.79 Å². The molecule has 7 nitrogen and oxygen atoms in total. The van der Waals surface area contributed by atoms with Gasteiger partial charge in [-0.25, -0.2) is 4.79 Å². The van der Waals surface area contributed by atoms with Gasteiger partial charge in [-0.15, -0.1) is 0 Å². The molecule has 2 aromatic rings. The molecule has 3 rings (SSSR count). The van der Waals surface area contributed by atoms with Crippen LogP contribution in [0.4, 0.5) is 0 Å². The number of hydrogen-bond acceptors (Lipinski definition) is 4. The van der Waals surface area contributed by atoms with Crippen molar-refractivity contribution in [3.05, 3.63) is 68.5 Å². The zero-order chi connectivity index (χ0) is 18.0. The summed E-state index contributed by atoms with van der Waals surface area (Å²) < 4.78 is 2.45. The summed E-state index contributed by atoms with van der Waals surface area (Å²) in [6.45, 7) is 1.72. The Hall–Kier alpha value is -2.67. The van der Waals surface area contributed by atoms with Gasteiger partial charge < -0.3 is 14.8 Å². The molecule has 2 heterocycles. The lowest BCUT2D eigenvalue weighted by Crippen LogP contribution is -2.45. The standard InChI is InChI=1S/C18H22N4O3/c1-20-11-14(16(23)21(2)18(20)25)12-22(15-8-9-19-10-15)17(24)13-6-4-3-5-7-13/h3-7,11,15,19H,8-10,12H2,1-2H3/t15-/m0/s1. The van der Waals surface area contributed by atoms with Crippen LogP contribution in [0.2, 0.25) is 0 Å². The van der Waals surface area contributed by atoms with Gasteiger partial charge in [-0.1, -0.05) is 18.2 Å². The first kappa shape index (κ1) is 17.2. The van der Waals surface area contributed by atoms with Crippen LogP contribution in [-0.4, -0.2) is 39.1 Å². The molecule has 1 fully saturated rings. The highest BCUT2D eigenvalue weighted by Crippen LogP contribution is 2.16. The van der Waals surface area contributed by atoms with Crippen molar-refractivity contribution in [2.45, 2.75) is 19.0 Å². The first-order valence-corrected chi connectivity index (χ1v) is 8.31. The predicted molar refractivity (Wildman–Crippen MR) is 94.5 cm³/mol. The summed E-state index contributed by atoms with van der Waals surface area (Å²) in [6.07, 6.45) is 2.36. The van der Waals surface area contributed by atoms with Gasteiger partial charge >= 0.3 is 5.69 Å². The second kappa shape index (κ2) is 7.06. The van der Waals surface area contributed by atoms with Gasteiger partial charge in [0, 0.05) is 38.4 Å². The molecule has 1 aliphatic heterocycles. The molecule has 0 bridgehead atoms. The Kier molecular flexibility index (Phi) is 4.85. The van der Waals surface area contributed by atoms with E-state index in [0.29, 0.717) is 17.7 Å². The molecule has 1 aliphatic rings. The number of aryl methyl sites for hydroxylation is 1. The Bertz CT molecular complexity index is 879. The lowest BCUT2D eigenvalue weighted by molar-refractivity contribution is 0.0674. The van der Waals surface area contributed by atoms with Crippen LogP contribution in [-0.2, 0) is 20.6 Å². The minimum atomic E-state index is -0.378. The fraction of sp³-hybridized carbons (Fsp3) is 0.389. The van der Waals surface area contributed by atoms with Gasteiger partial charge in [0.1, 0.15) is 0 Å². The Balaban J connectivity index is 1.98. The van der Waals surface area contributed by atoms with Crippen molar-refractivity contribution in [2.75, 3.05) is 13.1 Å². The highest BCUT2D eigenvalue weighted by Gasteiger charge is 2.28. The van der Waals surface area contributed by atoms with Crippen LogP contribution in [0.3, 0.4) is 0 Å². The van der Waals surface area contributed by atoms with Crippen molar-refractivity contribution in [1.82, 2.24) is 19.4 Å². The zero-order valence-corrected chi connectivity index (χ0v) is 14.4. The Morgan fingerprint density at radius 3 is 2.60 bits per heavy atom. The summed E-state index contributed by atoms with van der Waals surface area (Å²) in [5.41, 5.74) is 0.286. The van der Waals surface area contributed by atoms with E-state index in [0.717, 1.165) is 17.5 Å². The number of benzene rings is 1. The fourth-order valence-electron chi connectivity index (χ4n) is 3.19. The molecular formula is C18H22N4O3. The smallest absolute Gasteiger partial charge is 0.330 e. The molecule has 1 saturated heterocycles. The average molecular weight is 342 g/mol. The quantitative estimate of drug-likeness (QED) is 0.854. The molecule has 0 radical (unpaired) electrons. The van der Waals surface area contributed by atoms with Crippen LogP contribution in [0.25, 0.3) is 0 Å². The molecule has 132 valence electrons. The summed E-state index contributed by atoms with van der Waals surface area (Å²) in [5, 5.41) is 3.26. The molecular weight excluding hydrogens is 320 g/mol. The number of nitrogens with one attached hydrogen (secondary N) is 1. The van der Waals surface area contributed by atoms with Gasteiger partial charge in [-0.3, -0.25) is 14.2 Å². The summed E-state index contributed by atoms with van der Waals surface area (Å²) in [4.78, 5) is 39.1. The van der Waals surface area contributed by atoms with E-state index in [1.54, 1.807) is 24.1 Å². The molecule has 7 heteroatoms. The number of rotatable bonds is 4. The molecule has 1 aromatic heterocycles. The second-order valence-corrected chi connectivity index (χ2v) is 6.36. The van der Waals surface area contributed by atoms with Gasteiger partial charge in [0.25, 0.3) is 11.5 Å². The van der Waals surface area contributed by atoms with Gasteiger partial charge in [0.15, 0.2) is 0 Å². The SMILES string of the molecule is Cn1cc(CN(C(=O)c2ccccc2)[C@H]2CCNC2)c(=O)n(C)c1=O. The lowest BCUT2D eigenvalue weighted by Gasteiger charge is -2.28. The highest BCUT2D eigenvalue weighted by molar-refractivity contribution is 5.94. The number of aromatic nitrogens is 2. The Labute approximate surface area is 145 Å². The fourth-order valence-corrected chi connectivity index (χ4v) is 3.19. The molecule has 25 heavy (non-hydrogen) atoms. The molecule has 1 amide bonds. The number of amides is 1. The maximum Gasteiger partial charge on any atom is 0.330 e. The molecule has 1 aromatic carbocycles. The van der Waals surface area contributed by atoms with Crippen molar-refractivity contribution in [2.24, 2.45) is 14.1 Å². The van der Waals surface area contributed by atoms with Crippen molar-refractivity contribution >= 4 is 5.91 Å². The minimum Gasteiger partial charge on any atom is -0.330 e. The summed E-state index contributed by atoms with van der Waals surface area (Å²) in [5.74, 6) is -0.106. The number of nitrogens with zero attached hydrogens (tertiary/aromatic N) is 3. The van der Waals surface area contributed by atoms with Crippen LogP contribution >= 0.6 is 0 Å². The Morgan fingerprint density at radius 1 is 1.24 bits per heavy atom. The monoisotopic (exact) mass is 342 g/mol. The topological polar surface area (TPSA) is 76.3 Å². The maximum atomic E-state index is 13.0. The third-order valence-electron chi connectivity index (χ3n) is 4.61. The molecule has 0 spiro atoms. The van der Waals surface area contributed by atoms with E-state index in [4.69, 9.17) is 0 Å². The van der Waals surface area contributed by atoms with Crippen molar-refractivity contribution in [3.8, 4) is 0 Å². The summed E-state index contributed by atoms with van der Waals surface area (Å²) in [6, 6.07) is 9.08. The first-order chi connectivity index (χ1) is 12.0. The van der Waals surface area contributed by atoms with Crippen LogP contribution in [0.1, 0.15) is 22.3 Å². The van der Waals surface area contributed by atoms with E-state index < -0.39 is 0 Å². The van der Waals surface area contributed by atoms with Crippen molar-refractivity contribution in [3.63, 3.8) is 0 Å². The zero-order valence-electron chi connectivity index (χ0n) is 14.4. The van der Waals surface area contributed by atoms with Crippen LogP contribution in [0.5, 0.6) is 0 Å². The van der Waals surface area contributed by atoms with E-state index in [1.165, 1.54) is 17.8 Å². The maximum absolute atomic E-state index is 13.0. The lowest BCUT2D eigenvalue weighted by atomic mass is 10.1. The van der Waals surface area contributed by atoms with Gasteiger partial charge in [0.2, 0.25) is 0 Å². The molecule has 0 aliphatic carbocycles. The molecule has 0 saturated carbocycles. The summed E-state index contributed by atoms with van der Waals surface area (Å²) >= 11 is 0. The van der Waals surface area contributed by atoms with Gasteiger partial charge in [0.05, 0.1) is 12.1 Å². The normalized spacial score (nSPS) is 16.8. The summed E-state index contributed by atoms with van der Waals surface area (Å²) in [7, 11) is 3.06. The van der Waals surface area contributed by atoms with E-state index in [9.17, 15) is 14.4 Å². The van der Waals surface area contributed by atoms with Crippen LogP contribution < -0.4 is 16.6 Å². The molecule has 1 atom stereocenters. The highest BCUT2D eigenvalue weighted by atomic mass is 16.2.